The molecule has 0 bridgehead atoms. The lowest BCUT2D eigenvalue weighted by Crippen LogP contribution is -2.04. The molecular weight excluding hydrogens is 256 g/mol. The van der Waals surface area contributed by atoms with Gasteiger partial charge in [0, 0.05) is 5.39 Å². The molecule has 0 radical (unpaired) electrons. The maximum Gasteiger partial charge on any atom is 0.339 e. The highest BCUT2D eigenvalue weighted by Crippen LogP contribution is 2.23. The number of nitrogens with zero attached hydrogens (tertiary/aromatic N) is 4. The smallest absolute Gasteiger partial charge is 0.339 e. The molecule has 6 nitrogen and oxygen atoms in total. The molecule has 3 rings (SSSR count). The Morgan fingerprint density at radius 1 is 1.25 bits per heavy atom. The van der Waals surface area contributed by atoms with Gasteiger partial charge >= 0.3 is 5.97 Å². The van der Waals surface area contributed by atoms with Crippen LogP contribution in [0.1, 0.15) is 21.7 Å². The van der Waals surface area contributed by atoms with E-state index in [4.69, 9.17) is 0 Å². The van der Waals surface area contributed by atoms with Gasteiger partial charge in [0.25, 0.3) is 0 Å². The Balaban J connectivity index is 2.32. The van der Waals surface area contributed by atoms with Crippen molar-refractivity contribution in [1.82, 2.24) is 20.0 Å². The molecule has 2 heterocycles. The van der Waals surface area contributed by atoms with Gasteiger partial charge in [-0.05, 0) is 19.9 Å². The Morgan fingerprint density at radius 3 is 2.70 bits per heavy atom. The summed E-state index contributed by atoms with van der Waals surface area (Å²) in [6.07, 6.45) is 1.59. The van der Waals surface area contributed by atoms with E-state index in [1.165, 1.54) is 0 Å². The second-order valence-corrected chi connectivity index (χ2v) is 4.51. The van der Waals surface area contributed by atoms with E-state index in [9.17, 15) is 9.90 Å². The first-order valence-corrected chi connectivity index (χ1v) is 6.10. The highest BCUT2D eigenvalue weighted by atomic mass is 16.4. The van der Waals surface area contributed by atoms with Crippen molar-refractivity contribution in [2.75, 3.05) is 0 Å². The summed E-state index contributed by atoms with van der Waals surface area (Å²) in [6, 6.07) is 7.55. The van der Waals surface area contributed by atoms with Gasteiger partial charge in [0.05, 0.1) is 28.8 Å². The zero-order valence-corrected chi connectivity index (χ0v) is 11.0. The van der Waals surface area contributed by atoms with E-state index in [0.29, 0.717) is 11.4 Å². The lowest BCUT2D eigenvalue weighted by atomic mass is 10.2. The first-order chi connectivity index (χ1) is 9.59. The summed E-state index contributed by atoms with van der Waals surface area (Å²) in [5.74, 6) is -0.974. The van der Waals surface area contributed by atoms with Crippen LogP contribution in [0.3, 0.4) is 0 Å². The topological polar surface area (TPSA) is 80.9 Å². The van der Waals surface area contributed by atoms with E-state index in [2.05, 4.69) is 15.3 Å². The molecule has 0 fully saturated rings. The number of carboxylic acids is 1. The molecule has 0 aliphatic heterocycles. The second-order valence-electron chi connectivity index (χ2n) is 4.51. The minimum absolute atomic E-state index is 0.228. The number of fused-ring (bicyclic) bond motifs is 1. The fourth-order valence-electron chi connectivity index (χ4n) is 2.35. The van der Waals surface area contributed by atoms with Crippen molar-refractivity contribution in [2.24, 2.45) is 0 Å². The Labute approximate surface area is 114 Å². The number of rotatable bonds is 2. The van der Waals surface area contributed by atoms with Crippen molar-refractivity contribution < 1.29 is 9.90 Å². The van der Waals surface area contributed by atoms with E-state index in [-0.39, 0.29) is 5.56 Å². The average molecular weight is 268 g/mol. The highest BCUT2D eigenvalue weighted by Gasteiger charge is 2.19. The molecule has 1 aromatic carbocycles. The molecule has 0 aliphatic carbocycles. The van der Waals surface area contributed by atoms with Crippen LogP contribution < -0.4 is 0 Å². The predicted molar refractivity (Wildman–Crippen MR) is 73.1 cm³/mol. The Kier molecular flexibility index (Phi) is 2.71. The van der Waals surface area contributed by atoms with Crippen molar-refractivity contribution in [3.05, 3.63) is 47.4 Å². The van der Waals surface area contributed by atoms with Crippen LogP contribution in [0.25, 0.3) is 16.6 Å². The van der Waals surface area contributed by atoms with Gasteiger partial charge in [0.2, 0.25) is 0 Å². The molecule has 0 amide bonds. The van der Waals surface area contributed by atoms with E-state index in [0.717, 1.165) is 16.6 Å². The van der Waals surface area contributed by atoms with Crippen LogP contribution in [0.15, 0.2) is 30.5 Å². The first-order valence-electron chi connectivity index (χ1n) is 6.10. The summed E-state index contributed by atoms with van der Waals surface area (Å²) in [4.78, 5) is 11.3. The molecule has 20 heavy (non-hydrogen) atoms. The van der Waals surface area contributed by atoms with Crippen LogP contribution in [-0.2, 0) is 0 Å². The Morgan fingerprint density at radius 2 is 2.00 bits per heavy atom. The van der Waals surface area contributed by atoms with Crippen molar-refractivity contribution in [3.63, 3.8) is 0 Å². The van der Waals surface area contributed by atoms with Crippen LogP contribution in [0.5, 0.6) is 0 Å². The lowest BCUT2D eigenvalue weighted by molar-refractivity contribution is 0.0695. The van der Waals surface area contributed by atoms with Gasteiger partial charge in [-0.3, -0.25) is 0 Å². The van der Waals surface area contributed by atoms with Gasteiger partial charge < -0.3 is 5.11 Å². The Hall–Kier alpha value is -2.76. The molecular formula is C14H12N4O2. The maximum atomic E-state index is 11.3. The summed E-state index contributed by atoms with van der Waals surface area (Å²) < 4.78 is 1.61. The van der Waals surface area contributed by atoms with Crippen LogP contribution in [0.2, 0.25) is 0 Å². The van der Waals surface area contributed by atoms with Gasteiger partial charge in [-0.2, -0.15) is 15.3 Å². The number of benzene rings is 1. The van der Waals surface area contributed by atoms with E-state index in [1.54, 1.807) is 24.7 Å². The molecule has 0 saturated heterocycles. The zero-order chi connectivity index (χ0) is 14.3. The van der Waals surface area contributed by atoms with Crippen LogP contribution >= 0.6 is 0 Å². The standard InChI is InChI=1S/C14H12N4O2/c1-8-13(14(19)20)9(2)18(17-8)12-7-15-16-11-6-4-3-5-10(11)12/h3-7H,1-2H3,(H,19,20). The summed E-state index contributed by atoms with van der Waals surface area (Å²) in [5, 5.41) is 22.4. The van der Waals surface area contributed by atoms with Crippen LogP contribution in [-0.4, -0.2) is 31.1 Å². The third-order valence-corrected chi connectivity index (χ3v) is 3.26. The average Bonchev–Trinajstić information content (AvgIpc) is 2.73. The SMILES string of the molecule is Cc1nn(-c2cnnc3ccccc23)c(C)c1C(=O)O. The summed E-state index contributed by atoms with van der Waals surface area (Å²) in [5.41, 5.74) is 2.76. The minimum Gasteiger partial charge on any atom is -0.478 e. The second kappa shape index (κ2) is 4.41. The fourth-order valence-corrected chi connectivity index (χ4v) is 2.35. The molecule has 0 spiro atoms. The van der Waals surface area contributed by atoms with Gasteiger partial charge in [0.1, 0.15) is 5.56 Å². The highest BCUT2D eigenvalue weighted by molar-refractivity contribution is 5.91. The molecule has 6 heteroatoms. The van der Waals surface area contributed by atoms with E-state index < -0.39 is 5.97 Å². The van der Waals surface area contributed by atoms with Crippen LogP contribution in [0, 0.1) is 13.8 Å². The zero-order valence-electron chi connectivity index (χ0n) is 11.0. The fraction of sp³-hybridized carbons (Fsp3) is 0.143. The van der Waals surface area contributed by atoms with Gasteiger partial charge in [0.15, 0.2) is 0 Å². The number of hydrogen-bond acceptors (Lipinski definition) is 4. The third kappa shape index (κ3) is 1.73. The monoisotopic (exact) mass is 268 g/mol. The quantitative estimate of drug-likeness (QED) is 0.770. The summed E-state index contributed by atoms with van der Waals surface area (Å²) in [7, 11) is 0. The van der Waals surface area contributed by atoms with Crippen molar-refractivity contribution >= 4 is 16.9 Å². The molecule has 1 N–H and O–H groups in total. The molecule has 0 aliphatic rings. The first kappa shape index (κ1) is 12.3. The molecule has 3 aromatic rings. The van der Waals surface area contributed by atoms with E-state index in [1.807, 2.05) is 24.3 Å². The molecule has 0 saturated carbocycles. The van der Waals surface area contributed by atoms with E-state index >= 15 is 0 Å². The van der Waals surface area contributed by atoms with Crippen molar-refractivity contribution in [3.8, 4) is 5.69 Å². The molecule has 2 aromatic heterocycles. The minimum atomic E-state index is -0.974. The number of aromatic nitrogens is 4. The largest absolute Gasteiger partial charge is 0.478 e. The van der Waals surface area contributed by atoms with Crippen molar-refractivity contribution in [1.29, 1.82) is 0 Å². The lowest BCUT2D eigenvalue weighted by Gasteiger charge is -2.07. The maximum absolute atomic E-state index is 11.3. The number of carboxylic acid groups (broad SMARTS) is 1. The summed E-state index contributed by atoms with van der Waals surface area (Å²) >= 11 is 0. The van der Waals surface area contributed by atoms with Gasteiger partial charge in [-0.25, -0.2) is 9.48 Å². The van der Waals surface area contributed by atoms with Gasteiger partial charge in [-0.15, -0.1) is 0 Å². The van der Waals surface area contributed by atoms with Gasteiger partial charge in [-0.1, -0.05) is 18.2 Å². The third-order valence-electron chi connectivity index (χ3n) is 3.26. The number of hydrogen-bond donors (Lipinski definition) is 1. The van der Waals surface area contributed by atoms with Crippen LogP contribution in [0.4, 0.5) is 0 Å². The number of aryl methyl sites for hydroxylation is 1. The predicted octanol–water partition coefficient (Wildman–Crippen LogP) is 2.13. The number of carbonyl (C=O) groups is 1. The van der Waals surface area contributed by atoms with Crippen molar-refractivity contribution in [2.45, 2.75) is 13.8 Å². The molecule has 0 unspecified atom stereocenters. The normalized spacial score (nSPS) is 10.9. The summed E-state index contributed by atoms with van der Waals surface area (Å²) in [6.45, 7) is 3.42. The molecule has 0 atom stereocenters. The molecule has 100 valence electrons. The number of aromatic carboxylic acids is 1. The Bertz CT molecular complexity index is 818.